The van der Waals surface area contributed by atoms with Crippen molar-refractivity contribution >= 4 is 60.5 Å². The molecule has 0 amide bonds. The van der Waals surface area contributed by atoms with Crippen molar-refractivity contribution < 1.29 is 4.42 Å². The summed E-state index contributed by atoms with van der Waals surface area (Å²) >= 11 is 0. The minimum absolute atomic E-state index is 0.881. The van der Waals surface area contributed by atoms with Crippen LogP contribution in [0.15, 0.2) is 180 Å². The summed E-state index contributed by atoms with van der Waals surface area (Å²) in [6.07, 6.45) is 0. The molecule has 2 heteroatoms. The van der Waals surface area contributed by atoms with Crippen LogP contribution in [0.1, 0.15) is 0 Å². The first kappa shape index (κ1) is 26.3. The van der Waals surface area contributed by atoms with Gasteiger partial charge in [-0.25, -0.2) is 0 Å². The Bertz CT molecular complexity index is 2510. The van der Waals surface area contributed by atoms with Gasteiger partial charge < -0.3 is 9.32 Å². The second kappa shape index (κ2) is 10.8. The number of nitrogens with zero attached hydrogens (tertiary/aromatic N) is 1. The maximum atomic E-state index is 6.65. The summed E-state index contributed by atoms with van der Waals surface area (Å²) in [5.74, 6) is 0. The first-order chi connectivity index (χ1) is 22.8. The summed E-state index contributed by atoms with van der Waals surface area (Å²) in [4.78, 5) is 2.33. The topological polar surface area (TPSA) is 16.4 Å². The van der Waals surface area contributed by atoms with Gasteiger partial charge in [-0.3, -0.25) is 0 Å². The summed E-state index contributed by atoms with van der Waals surface area (Å²) in [6.45, 7) is 0. The van der Waals surface area contributed by atoms with E-state index in [0.717, 1.165) is 44.4 Å². The fraction of sp³-hybridized carbons (Fsp3) is 0. The van der Waals surface area contributed by atoms with E-state index in [1.54, 1.807) is 0 Å². The Balaban J connectivity index is 1.22. The smallest absolute Gasteiger partial charge is 0.143 e. The van der Waals surface area contributed by atoms with Crippen molar-refractivity contribution in [3.05, 3.63) is 176 Å². The summed E-state index contributed by atoms with van der Waals surface area (Å²) < 4.78 is 6.65. The van der Waals surface area contributed by atoms with Gasteiger partial charge in [0.05, 0.1) is 0 Å². The van der Waals surface area contributed by atoms with Crippen LogP contribution in [0.4, 0.5) is 17.1 Å². The molecule has 0 radical (unpaired) electrons. The molecule has 216 valence electrons. The van der Waals surface area contributed by atoms with Crippen LogP contribution < -0.4 is 4.90 Å². The molecule has 9 rings (SSSR count). The zero-order valence-electron chi connectivity index (χ0n) is 25.1. The lowest BCUT2D eigenvalue weighted by Crippen LogP contribution is -2.09. The van der Waals surface area contributed by atoms with Crippen molar-refractivity contribution in [2.45, 2.75) is 0 Å². The molecule has 0 aliphatic heterocycles. The zero-order chi connectivity index (χ0) is 30.5. The van der Waals surface area contributed by atoms with Crippen LogP contribution in [-0.4, -0.2) is 0 Å². The molecule has 9 aromatic rings. The molecule has 8 aromatic carbocycles. The van der Waals surface area contributed by atoms with Gasteiger partial charge in [-0.2, -0.15) is 0 Å². The van der Waals surface area contributed by atoms with Crippen LogP contribution in [0.2, 0.25) is 0 Å². The summed E-state index contributed by atoms with van der Waals surface area (Å²) in [5, 5.41) is 7.04. The normalized spacial score (nSPS) is 11.5. The number of hydrogen-bond acceptors (Lipinski definition) is 2. The highest BCUT2D eigenvalue weighted by Gasteiger charge is 2.19. The molecule has 0 fully saturated rings. The molecular formula is C44H29NO. The second-order valence-electron chi connectivity index (χ2n) is 11.8. The van der Waals surface area contributed by atoms with E-state index < -0.39 is 0 Å². The Labute approximate surface area is 267 Å². The lowest BCUT2D eigenvalue weighted by molar-refractivity contribution is 0.673. The predicted octanol–water partition coefficient (Wildman–Crippen LogP) is 12.7. The van der Waals surface area contributed by atoms with Gasteiger partial charge in [-0.15, -0.1) is 0 Å². The van der Waals surface area contributed by atoms with Crippen LogP contribution in [-0.2, 0) is 0 Å². The SMILES string of the molecule is c1ccc(-c2cc3ccccc3c3oc4ccc(N(c5ccccc5)c5ccc(-c6ccc7ccccc7c6)cc5)cc4c23)cc1. The van der Waals surface area contributed by atoms with E-state index in [-0.39, 0.29) is 0 Å². The van der Waals surface area contributed by atoms with E-state index in [4.69, 9.17) is 4.42 Å². The van der Waals surface area contributed by atoms with Crippen molar-refractivity contribution in [3.8, 4) is 22.3 Å². The van der Waals surface area contributed by atoms with Crippen LogP contribution in [0, 0.1) is 0 Å². The monoisotopic (exact) mass is 587 g/mol. The lowest BCUT2D eigenvalue weighted by atomic mass is 9.95. The van der Waals surface area contributed by atoms with Crippen LogP contribution in [0.5, 0.6) is 0 Å². The standard InChI is InChI=1S/C44H29NO/c1-3-12-32(13-4-1)40-28-35-15-9-10-18-39(35)44-43(40)41-29-38(25-26-42(41)46-44)45(36-16-5-2-6-17-36)37-23-21-31(22-24-37)34-20-19-30-11-7-8-14-33(30)27-34/h1-29H. The fourth-order valence-corrected chi connectivity index (χ4v) is 6.78. The molecule has 1 aromatic heterocycles. The summed E-state index contributed by atoms with van der Waals surface area (Å²) in [7, 11) is 0. The average molecular weight is 588 g/mol. The molecule has 0 unspecified atom stereocenters. The van der Waals surface area contributed by atoms with E-state index in [9.17, 15) is 0 Å². The Morgan fingerprint density at radius 3 is 1.80 bits per heavy atom. The molecule has 0 aliphatic carbocycles. The molecule has 0 bridgehead atoms. The Morgan fingerprint density at radius 1 is 0.370 bits per heavy atom. The Kier molecular flexibility index (Phi) is 6.17. The molecule has 0 aliphatic rings. The number of fused-ring (bicyclic) bond motifs is 6. The largest absolute Gasteiger partial charge is 0.455 e. The summed E-state index contributed by atoms with van der Waals surface area (Å²) in [6, 6.07) is 62.6. The van der Waals surface area contributed by atoms with Crippen molar-refractivity contribution in [2.24, 2.45) is 0 Å². The number of benzene rings is 8. The van der Waals surface area contributed by atoms with Crippen molar-refractivity contribution in [3.63, 3.8) is 0 Å². The highest BCUT2D eigenvalue weighted by Crippen LogP contribution is 2.44. The van der Waals surface area contributed by atoms with Crippen molar-refractivity contribution in [2.75, 3.05) is 4.90 Å². The predicted molar refractivity (Wildman–Crippen MR) is 194 cm³/mol. The summed E-state index contributed by atoms with van der Waals surface area (Å²) in [5.41, 5.74) is 9.83. The van der Waals surface area contributed by atoms with Gasteiger partial charge in [0.25, 0.3) is 0 Å². The minimum Gasteiger partial charge on any atom is -0.455 e. The van der Waals surface area contributed by atoms with Gasteiger partial charge in [0, 0.05) is 33.2 Å². The third kappa shape index (κ3) is 4.43. The Morgan fingerprint density at radius 2 is 1.00 bits per heavy atom. The molecule has 2 nitrogen and oxygen atoms in total. The first-order valence-electron chi connectivity index (χ1n) is 15.7. The second-order valence-corrected chi connectivity index (χ2v) is 11.8. The Hall–Kier alpha value is -6.12. The van der Waals surface area contributed by atoms with Crippen LogP contribution in [0.3, 0.4) is 0 Å². The molecule has 1 heterocycles. The highest BCUT2D eigenvalue weighted by atomic mass is 16.3. The van der Waals surface area contributed by atoms with E-state index >= 15 is 0 Å². The van der Waals surface area contributed by atoms with Gasteiger partial charge in [0.15, 0.2) is 0 Å². The molecule has 0 atom stereocenters. The number of hydrogen-bond donors (Lipinski definition) is 0. The van der Waals surface area contributed by atoms with Crippen molar-refractivity contribution in [1.29, 1.82) is 0 Å². The number of rotatable bonds is 5. The van der Waals surface area contributed by atoms with Gasteiger partial charge in [0.1, 0.15) is 11.2 Å². The molecule has 0 saturated carbocycles. The number of anilines is 3. The molecule has 0 N–H and O–H groups in total. The number of furan rings is 1. The average Bonchev–Trinajstić information content (AvgIpc) is 3.52. The number of para-hydroxylation sites is 1. The van der Waals surface area contributed by atoms with Crippen molar-refractivity contribution in [1.82, 2.24) is 0 Å². The third-order valence-corrected chi connectivity index (χ3v) is 9.01. The van der Waals surface area contributed by atoms with Crippen LogP contribution >= 0.6 is 0 Å². The molecule has 0 spiro atoms. The third-order valence-electron chi connectivity index (χ3n) is 9.01. The quantitative estimate of drug-likeness (QED) is 0.199. The first-order valence-corrected chi connectivity index (χ1v) is 15.7. The zero-order valence-corrected chi connectivity index (χ0v) is 25.1. The van der Waals surface area contributed by atoms with E-state index in [1.807, 2.05) is 0 Å². The van der Waals surface area contributed by atoms with Gasteiger partial charge in [-0.05, 0) is 93.0 Å². The minimum atomic E-state index is 0.881. The lowest BCUT2D eigenvalue weighted by Gasteiger charge is -2.25. The van der Waals surface area contributed by atoms with Gasteiger partial charge >= 0.3 is 0 Å². The van der Waals surface area contributed by atoms with E-state index in [1.165, 1.54) is 38.4 Å². The highest BCUT2D eigenvalue weighted by molar-refractivity contribution is 6.21. The van der Waals surface area contributed by atoms with E-state index in [0.29, 0.717) is 0 Å². The molecular weight excluding hydrogens is 558 g/mol. The maximum Gasteiger partial charge on any atom is 0.143 e. The van der Waals surface area contributed by atoms with Gasteiger partial charge in [-0.1, -0.05) is 121 Å². The van der Waals surface area contributed by atoms with Gasteiger partial charge in [0.2, 0.25) is 0 Å². The molecule has 46 heavy (non-hydrogen) atoms. The maximum absolute atomic E-state index is 6.65. The molecule has 0 saturated heterocycles. The van der Waals surface area contributed by atoms with Crippen LogP contribution in [0.25, 0.3) is 65.7 Å². The van der Waals surface area contributed by atoms with E-state index in [2.05, 4.69) is 181 Å². The fourth-order valence-electron chi connectivity index (χ4n) is 6.78.